The number of amides is 2. The maximum absolute atomic E-state index is 12.8. The summed E-state index contributed by atoms with van der Waals surface area (Å²) in [5, 5.41) is 3.56. The first-order valence-electron chi connectivity index (χ1n) is 14.6. The SMILES string of the molecule is CN1CCC[C@H]1COc1ccc(C(F)(F)F)cc1NC(=O)C(F)F.CN1CCC[C@H]1COc1ccc(C(F)(F)F)cc1NC(=O)C(F)F.O. The first-order chi connectivity index (χ1) is 22.4. The lowest BCUT2D eigenvalue weighted by Crippen LogP contribution is -2.31. The standard InChI is InChI=1S/2C15H17F5N2O2.H2O/c2*1-22-6-2-3-10(22)8-24-12-5-4-9(15(18,19)20)7-11(12)21-14(23)13(16)17;/h2*4-5,7,10,13H,2-3,6,8H2,1H3,(H,21,23);1H2/t2*10-;/m00./s1. The molecule has 0 aromatic heterocycles. The van der Waals surface area contributed by atoms with Gasteiger partial charge in [0.15, 0.2) is 0 Å². The van der Waals surface area contributed by atoms with Crippen LogP contribution in [0.1, 0.15) is 36.8 Å². The monoisotopic (exact) mass is 722 g/mol. The summed E-state index contributed by atoms with van der Waals surface area (Å²) in [5.41, 5.74) is -2.96. The molecule has 2 aliphatic rings. The molecular weight excluding hydrogens is 686 g/mol. The highest BCUT2D eigenvalue weighted by Crippen LogP contribution is 2.37. The van der Waals surface area contributed by atoms with Crippen LogP contribution in [0.3, 0.4) is 0 Å². The van der Waals surface area contributed by atoms with Crippen LogP contribution >= 0.6 is 0 Å². The number of nitrogens with zero attached hydrogens (tertiary/aromatic N) is 2. The Labute approximate surface area is 274 Å². The number of alkyl halides is 10. The zero-order valence-corrected chi connectivity index (χ0v) is 26.2. The smallest absolute Gasteiger partial charge is 0.416 e. The average molecular weight is 723 g/mol. The van der Waals surface area contributed by atoms with Crippen LogP contribution in [0, 0.1) is 0 Å². The van der Waals surface area contributed by atoms with E-state index in [9.17, 15) is 53.5 Å². The van der Waals surface area contributed by atoms with Crippen LogP contribution in [0.15, 0.2) is 36.4 Å². The number of halogens is 10. The molecule has 0 aliphatic carbocycles. The molecule has 49 heavy (non-hydrogen) atoms. The van der Waals surface area contributed by atoms with E-state index in [1.165, 1.54) is 0 Å². The quantitative estimate of drug-likeness (QED) is 0.294. The second kappa shape index (κ2) is 17.7. The topological polar surface area (TPSA) is 115 Å². The summed E-state index contributed by atoms with van der Waals surface area (Å²) in [6.45, 7) is 2.16. The number of hydrogen-bond acceptors (Lipinski definition) is 6. The van der Waals surface area contributed by atoms with Crippen LogP contribution in [-0.4, -0.2) is 92.4 Å². The molecule has 2 heterocycles. The highest BCUT2D eigenvalue weighted by molar-refractivity contribution is 5.95. The molecule has 2 aliphatic heterocycles. The van der Waals surface area contributed by atoms with E-state index in [0.717, 1.165) is 63.0 Å². The van der Waals surface area contributed by atoms with Crippen LogP contribution in [0.25, 0.3) is 0 Å². The molecule has 2 aromatic rings. The minimum Gasteiger partial charge on any atom is -0.490 e. The number of carbonyl (C=O) groups is 2. The van der Waals surface area contributed by atoms with Crippen LogP contribution in [-0.2, 0) is 21.9 Å². The summed E-state index contributed by atoms with van der Waals surface area (Å²) in [5.74, 6) is -3.51. The first-order valence-corrected chi connectivity index (χ1v) is 14.6. The van der Waals surface area contributed by atoms with E-state index in [1.54, 1.807) is 10.6 Å². The number of rotatable bonds is 10. The first kappa shape index (κ1) is 41.3. The predicted molar refractivity (Wildman–Crippen MR) is 158 cm³/mol. The highest BCUT2D eigenvalue weighted by atomic mass is 19.4. The number of hydrogen-bond donors (Lipinski definition) is 2. The second-order valence-electron chi connectivity index (χ2n) is 11.2. The van der Waals surface area contributed by atoms with Gasteiger partial charge in [0.2, 0.25) is 0 Å². The molecule has 0 unspecified atom stereocenters. The molecule has 19 heteroatoms. The molecular formula is C30H36F10N4O5. The molecule has 276 valence electrons. The molecule has 4 rings (SSSR count). The summed E-state index contributed by atoms with van der Waals surface area (Å²) in [6, 6.07) is 4.98. The summed E-state index contributed by atoms with van der Waals surface area (Å²) < 4.78 is 137. The normalized spacial score (nSPS) is 18.5. The lowest BCUT2D eigenvalue weighted by Gasteiger charge is -2.21. The van der Waals surface area contributed by atoms with Crippen LogP contribution in [0.2, 0.25) is 0 Å². The van der Waals surface area contributed by atoms with Crippen molar-refractivity contribution >= 4 is 23.2 Å². The number of ether oxygens (including phenoxy) is 2. The summed E-state index contributed by atoms with van der Waals surface area (Å²) in [7, 11) is 3.79. The van der Waals surface area contributed by atoms with Crippen molar-refractivity contribution in [1.29, 1.82) is 0 Å². The number of nitrogens with one attached hydrogen (secondary N) is 2. The zero-order valence-electron chi connectivity index (χ0n) is 26.2. The molecule has 0 radical (unpaired) electrons. The third kappa shape index (κ3) is 12.2. The maximum atomic E-state index is 12.8. The molecule has 2 saturated heterocycles. The zero-order chi connectivity index (χ0) is 35.8. The van der Waals surface area contributed by atoms with Gasteiger partial charge in [-0.15, -0.1) is 0 Å². The molecule has 9 nitrogen and oxygen atoms in total. The Morgan fingerprint density at radius 2 is 1.06 bits per heavy atom. The van der Waals surface area contributed by atoms with E-state index in [4.69, 9.17) is 9.47 Å². The van der Waals surface area contributed by atoms with Crippen molar-refractivity contribution in [2.24, 2.45) is 0 Å². The molecule has 2 aromatic carbocycles. The third-order valence-corrected chi connectivity index (χ3v) is 7.73. The lowest BCUT2D eigenvalue weighted by molar-refractivity contribution is -0.138. The van der Waals surface area contributed by atoms with E-state index in [-0.39, 0.29) is 42.3 Å². The summed E-state index contributed by atoms with van der Waals surface area (Å²) >= 11 is 0. The fourth-order valence-corrected chi connectivity index (χ4v) is 4.99. The number of anilines is 2. The van der Waals surface area contributed by atoms with Gasteiger partial charge in [0.05, 0.1) is 22.5 Å². The van der Waals surface area contributed by atoms with Crippen molar-refractivity contribution in [1.82, 2.24) is 9.80 Å². The average Bonchev–Trinajstić information content (AvgIpc) is 3.61. The van der Waals surface area contributed by atoms with Crippen molar-refractivity contribution in [3.8, 4) is 11.5 Å². The molecule has 2 fully saturated rings. The van der Waals surface area contributed by atoms with Crippen molar-refractivity contribution in [2.75, 3.05) is 51.0 Å². The van der Waals surface area contributed by atoms with Gasteiger partial charge in [-0.2, -0.15) is 43.9 Å². The Hall–Kier alpha value is -3.84. The Bertz CT molecular complexity index is 1290. The minimum absolute atomic E-state index is 0. The van der Waals surface area contributed by atoms with Crippen LogP contribution in [0.4, 0.5) is 55.3 Å². The largest absolute Gasteiger partial charge is 0.490 e. The number of benzene rings is 2. The molecule has 0 saturated carbocycles. The number of carbonyl (C=O) groups excluding carboxylic acids is 2. The van der Waals surface area contributed by atoms with E-state index in [0.29, 0.717) is 12.1 Å². The predicted octanol–water partition coefficient (Wildman–Crippen LogP) is 5.94. The number of likely N-dealkylation sites (tertiary alicyclic amines) is 2. The van der Waals surface area contributed by atoms with Crippen LogP contribution < -0.4 is 20.1 Å². The maximum Gasteiger partial charge on any atom is 0.416 e. The third-order valence-electron chi connectivity index (χ3n) is 7.73. The highest BCUT2D eigenvalue weighted by Gasteiger charge is 2.33. The molecule has 4 N–H and O–H groups in total. The van der Waals surface area contributed by atoms with Gasteiger partial charge in [-0.3, -0.25) is 9.59 Å². The van der Waals surface area contributed by atoms with Gasteiger partial charge in [-0.25, -0.2) is 0 Å². The van der Waals surface area contributed by atoms with Gasteiger partial charge in [0.1, 0.15) is 24.7 Å². The van der Waals surface area contributed by atoms with E-state index in [1.807, 2.05) is 23.9 Å². The van der Waals surface area contributed by atoms with Crippen molar-refractivity contribution in [2.45, 2.75) is 63.0 Å². The van der Waals surface area contributed by atoms with Crippen molar-refractivity contribution in [3.63, 3.8) is 0 Å². The Morgan fingerprint density at radius 3 is 1.33 bits per heavy atom. The number of likely N-dealkylation sites (N-methyl/N-ethyl adjacent to an activating group) is 2. The fourth-order valence-electron chi connectivity index (χ4n) is 4.99. The van der Waals surface area contributed by atoms with Gasteiger partial charge < -0.3 is 35.4 Å². The van der Waals surface area contributed by atoms with Crippen molar-refractivity contribution in [3.05, 3.63) is 47.5 Å². The Kier molecular flexibility index (Phi) is 14.9. The van der Waals surface area contributed by atoms with E-state index >= 15 is 0 Å². The van der Waals surface area contributed by atoms with Crippen LogP contribution in [0.5, 0.6) is 11.5 Å². The van der Waals surface area contributed by atoms with Gasteiger partial charge in [-0.05, 0) is 89.3 Å². The Balaban J connectivity index is 0.000000333. The summed E-state index contributed by atoms with van der Waals surface area (Å²) in [6.07, 6.45) is -12.3. The Morgan fingerprint density at radius 1 is 0.714 bits per heavy atom. The summed E-state index contributed by atoms with van der Waals surface area (Å²) in [4.78, 5) is 26.3. The molecule has 2 amide bonds. The molecule has 0 bridgehead atoms. The molecule has 0 spiro atoms. The van der Waals surface area contributed by atoms with Crippen molar-refractivity contribution < 1.29 is 68.4 Å². The minimum atomic E-state index is -4.66. The van der Waals surface area contributed by atoms with Gasteiger partial charge in [-0.1, -0.05) is 0 Å². The van der Waals surface area contributed by atoms with Gasteiger partial charge in [0, 0.05) is 12.1 Å². The molecule has 2 atom stereocenters. The van der Waals surface area contributed by atoms with Gasteiger partial charge >= 0.3 is 25.2 Å². The van der Waals surface area contributed by atoms with E-state index < -0.39 is 59.5 Å². The second-order valence-corrected chi connectivity index (χ2v) is 11.2. The lowest BCUT2D eigenvalue weighted by atomic mass is 10.1. The van der Waals surface area contributed by atoms with E-state index in [2.05, 4.69) is 0 Å². The fraction of sp³-hybridized carbons (Fsp3) is 0.533. The van der Waals surface area contributed by atoms with Gasteiger partial charge in [0.25, 0.3) is 11.8 Å².